The number of hydrogen-bond donors (Lipinski definition) is 2. The van der Waals surface area contributed by atoms with E-state index in [1.165, 1.54) is 35.2 Å². The SMILES string of the molecule is CC(C)C(=O)Nc1ccc(S(=O)(=O)Nc2ccc3c(c2)C(=O)N(C)CCO3)cc1. The van der Waals surface area contributed by atoms with Gasteiger partial charge in [0.15, 0.2) is 0 Å². The lowest BCUT2D eigenvalue weighted by Gasteiger charge is -2.14. The van der Waals surface area contributed by atoms with Crippen molar-refractivity contribution in [3.05, 3.63) is 48.0 Å². The summed E-state index contributed by atoms with van der Waals surface area (Å²) in [5, 5.41) is 2.71. The Labute approximate surface area is 169 Å². The minimum atomic E-state index is -3.87. The van der Waals surface area contributed by atoms with Gasteiger partial charge in [0.05, 0.1) is 17.0 Å². The number of anilines is 2. The zero-order chi connectivity index (χ0) is 21.2. The molecule has 0 saturated carbocycles. The topological polar surface area (TPSA) is 105 Å². The van der Waals surface area contributed by atoms with Crippen molar-refractivity contribution in [2.45, 2.75) is 18.7 Å². The van der Waals surface area contributed by atoms with Gasteiger partial charge in [-0.2, -0.15) is 0 Å². The molecule has 0 aliphatic carbocycles. The molecule has 29 heavy (non-hydrogen) atoms. The Morgan fingerprint density at radius 3 is 2.41 bits per heavy atom. The predicted molar refractivity (Wildman–Crippen MR) is 110 cm³/mol. The van der Waals surface area contributed by atoms with Gasteiger partial charge in [-0.05, 0) is 42.5 Å². The molecule has 2 N–H and O–H groups in total. The molecule has 0 spiro atoms. The van der Waals surface area contributed by atoms with Crippen LogP contribution in [0.1, 0.15) is 24.2 Å². The Balaban J connectivity index is 1.80. The van der Waals surface area contributed by atoms with Crippen molar-refractivity contribution in [3.8, 4) is 5.75 Å². The molecule has 9 heteroatoms. The van der Waals surface area contributed by atoms with Gasteiger partial charge >= 0.3 is 0 Å². The van der Waals surface area contributed by atoms with Crippen LogP contribution < -0.4 is 14.8 Å². The average molecular weight is 417 g/mol. The number of sulfonamides is 1. The summed E-state index contributed by atoms with van der Waals surface area (Å²) < 4.78 is 33.4. The highest BCUT2D eigenvalue weighted by molar-refractivity contribution is 7.92. The van der Waals surface area contributed by atoms with Crippen LogP contribution in [0, 0.1) is 5.92 Å². The van der Waals surface area contributed by atoms with Crippen LogP contribution in [-0.2, 0) is 14.8 Å². The van der Waals surface area contributed by atoms with Crippen molar-refractivity contribution in [2.24, 2.45) is 5.92 Å². The van der Waals surface area contributed by atoms with Gasteiger partial charge in [-0.3, -0.25) is 14.3 Å². The van der Waals surface area contributed by atoms with Gasteiger partial charge < -0.3 is 15.0 Å². The normalized spacial score (nSPS) is 14.1. The maximum absolute atomic E-state index is 12.7. The molecule has 2 aromatic rings. The van der Waals surface area contributed by atoms with Gasteiger partial charge in [0.2, 0.25) is 5.91 Å². The van der Waals surface area contributed by atoms with E-state index in [1.54, 1.807) is 33.0 Å². The van der Waals surface area contributed by atoms with E-state index in [0.29, 0.717) is 30.2 Å². The first kappa shape index (κ1) is 20.7. The van der Waals surface area contributed by atoms with Gasteiger partial charge in [-0.1, -0.05) is 13.8 Å². The molecule has 3 rings (SSSR count). The van der Waals surface area contributed by atoms with Gasteiger partial charge in [0.25, 0.3) is 15.9 Å². The molecular formula is C20H23N3O5S. The molecular weight excluding hydrogens is 394 g/mol. The average Bonchev–Trinajstić information content (AvgIpc) is 2.81. The number of benzene rings is 2. The van der Waals surface area contributed by atoms with E-state index >= 15 is 0 Å². The number of rotatable bonds is 5. The molecule has 0 bridgehead atoms. The molecule has 0 aromatic heterocycles. The quantitative estimate of drug-likeness (QED) is 0.778. The van der Waals surface area contributed by atoms with E-state index in [2.05, 4.69) is 10.0 Å². The number of likely N-dealkylation sites (N-methyl/N-ethyl adjacent to an activating group) is 1. The molecule has 0 atom stereocenters. The van der Waals surface area contributed by atoms with Crippen LogP contribution in [0.5, 0.6) is 5.75 Å². The summed E-state index contributed by atoms with van der Waals surface area (Å²) in [6, 6.07) is 10.5. The number of nitrogens with zero attached hydrogens (tertiary/aromatic N) is 1. The highest BCUT2D eigenvalue weighted by Gasteiger charge is 2.22. The summed E-state index contributed by atoms with van der Waals surface area (Å²) >= 11 is 0. The van der Waals surface area contributed by atoms with Crippen molar-refractivity contribution >= 4 is 33.2 Å². The van der Waals surface area contributed by atoms with Gasteiger partial charge in [0, 0.05) is 24.3 Å². The number of nitrogens with one attached hydrogen (secondary N) is 2. The smallest absolute Gasteiger partial charge is 0.261 e. The monoisotopic (exact) mass is 417 g/mol. The Morgan fingerprint density at radius 2 is 1.76 bits per heavy atom. The van der Waals surface area contributed by atoms with Crippen LogP contribution in [0.25, 0.3) is 0 Å². The van der Waals surface area contributed by atoms with E-state index in [4.69, 9.17) is 4.74 Å². The van der Waals surface area contributed by atoms with E-state index < -0.39 is 10.0 Å². The van der Waals surface area contributed by atoms with Gasteiger partial charge in [0.1, 0.15) is 12.4 Å². The van der Waals surface area contributed by atoms with Crippen LogP contribution in [-0.4, -0.2) is 45.3 Å². The number of fused-ring (bicyclic) bond motifs is 1. The standard InChI is InChI=1S/C20H23N3O5S/c1-13(2)19(24)21-14-4-7-16(8-5-14)29(26,27)22-15-6-9-18-17(12-15)20(25)23(3)10-11-28-18/h4-9,12-13,22H,10-11H2,1-3H3,(H,21,24). The highest BCUT2D eigenvalue weighted by atomic mass is 32.2. The molecule has 0 radical (unpaired) electrons. The summed E-state index contributed by atoms with van der Waals surface area (Å²) in [6.07, 6.45) is 0. The van der Waals surface area contributed by atoms with Crippen LogP contribution in [0.4, 0.5) is 11.4 Å². The van der Waals surface area contributed by atoms with E-state index in [-0.39, 0.29) is 28.3 Å². The molecule has 1 aliphatic rings. The van der Waals surface area contributed by atoms with Gasteiger partial charge in [-0.15, -0.1) is 0 Å². The Bertz CT molecular complexity index is 1030. The first-order valence-corrected chi connectivity index (χ1v) is 10.6. The third-order valence-corrected chi connectivity index (χ3v) is 5.85. The zero-order valence-electron chi connectivity index (χ0n) is 16.4. The zero-order valence-corrected chi connectivity index (χ0v) is 17.2. The second-order valence-corrected chi connectivity index (χ2v) is 8.74. The second kappa shape index (κ2) is 8.12. The number of carbonyl (C=O) groups excluding carboxylic acids is 2. The molecule has 1 heterocycles. The lowest BCUT2D eigenvalue weighted by Crippen LogP contribution is -2.27. The fourth-order valence-electron chi connectivity index (χ4n) is 2.70. The first-order chi connectivity index (χ1) is 13.7. The predicted octanol–water partition coefficient (Wildman–Crippen LogP) is 2.55. The Morgan fingerprint density at radius 1 is 1.10 bits per heavy atom. The van der Waals surface area contributed by atoms with Crippen LogP contribution in [0.3, 0.4) is 0 Å². The molecule has 2 amide bonds. The number of amides is 2. The molecule has 0 unspecified atom stereocenters. The lowest BCUT2D eigenvalue weighted by molar-refractivity contribution is -0.118. The molecule has 0 saturated heterocycles. The maximum Gasteiger partial charge on any atom is 0.261 e. The molecule has 1 aliphatic heterocycles. The molecule has 0 fully saturated rings. The third kappa shape index (κ3) is 4.68. The number of ether oxygens (including phenoxy) is 1. The third-order valence-electron chi connectivity index (χ3n) is 4.45. The van der Waals surface area contributed by atoms with Crippen molar-refractivity contribution in [2.75, 3.05) is 30.2 Å². The van der Waals surface area contributed by atoms with E-state index in [9.17, 15) is 18.0 Å². The number of carbonyl (C=O) groups is 2. The van der Waals surface area contributed by atoms with E-state index in [1.807, 2.05) is 0 Å². The summed E-state index contributed by atoms with van der Waals surface area (Å²) in [5.41, 5.74) is 1.07. The van der Waals surface area contributed by atoms with E-state index in [0.717, 1.165) is 0 Å². The Hall–Kier alpha value is -3.07. The van der Waals surface area contributed by atoms with Crippen LogP contribution in [0.2, 0.25) is 0 Å². The van der Waals surface area contributed by atoms with Crippen molar-refractivity contribution < 1.29 is 22.7 Å². The highest BCUT2D eigenvalue weighted by Crippen LogP contribution is 2.27. The molecule has 154 valence electrons. The summed E-state index contributed by atoms with van der Waals surface area (Å²) in [4.78, 5) is 25.7. The second-order valence-electron chi connectivity index (χ2n) is 7.06. The summed E-state index contributed by atoms with van der Waals surface area (Å²) in [5.74, 6) is -0.143. The fourth-order valence-corrected chi connectivity index (χ4v) is 3.75. The molecule has 8 nitrogen and oxygen atoms in total. The Kier molecular flexibility index (Phi) is 5.78. The lowest BCUT2D eigenvalue weighted by atomic mass is 10.1. The molecule has 2 aromatic carbocycles. The largest absolute Gasteiger partial charge is 0.491 e. The van der Waals surface area contributed by atoms with Crippen LogP contribution in [0.15, 0.2) is 47.4 Å². The van der Waals surface area contributed by atoms with Crippen LogP contribution >= 0.6 is 0 Å². The van der Waals surface area contributed by atoms with Crippen molar-refractivity contribution in [1.29, 1.82) is 0 Å². The minimum absolute atomic E-state index is 0.0367. The summed E-state index contributed by atoms with van der Waals surface area (Å²) in [6.45, 7) is 4.37. The van der Waals surface area contributed by atoms with Crippen molar-refractivity contribution in [1.82, 2.24) is 4.90 Å². The summed E-state index contributed by atoms with van der Waals surface area (Å²) in [7, 11) is -2.21. The van der Waals surface area contributed by atoms with Crippen molar-refractivity contribution in [3.63, 3.8) is 0 Å². The minimum Gasteiger partial charge on any atom is -0.491 e. The first-order valence-electron chi connectivity index (χ1n) is 9.13. The fraction of sp³-hybridized carbons (Fsp3) is 0.300. The number of hydrogen-bond acceptors (Lipinski definition) is 5. The van der Waals surface area contributed by atoms with Gasteiger partial charge in [-0.25, -0.2) is 8.42 Å². The maximum atomic E-state index is 12.7.